The first kappa shape index (κ1) is 18.8. The number of thiophene rings is 1. The van der Waals surface area contributed by atoms with Crippen LogP contribution >= 0.6 is 11.3 Å². The summed E-state index contributed by atoms with van der Waals surface area (Å²) < 4.78 is 5.73. The summed E-state index contributed by atoms with van der Waals surface area (Å²) in [6, 6.07) is 9.29. The third kappa shape index (κ3) is 4.48. The maximum absolute atomic E-state index is 12.9. The number of nitrogens with one attached hydrogen (secondary N) is 1. The fraction of sp³-hybridized carbons (Fsp3) is 0.381. The topological polar surface area (TPSA) is 75.3 Å². The van der Waals surface area contributed by atoms with Crippen molar-refractivity contribution in [2.24, 2.45) is 0 Å². The highest BCUT2D eigenvalue weighted by Gasteiger charge is 2.23. The van der Waals surface area contributed by atoms with Crippen LogP contribution in [-0.4, -0.2) is 40.0 Å². The number of aromatic nitrogens is 2. The Labute approximate surface area is 167 Å². The third-order valence-corrected chi connectivity index (χ3v) is 5.74. The molecule has 4 rings (SSSR count). The van der Waals surface area contributed by atoms with E-state index < -0.39 is 0 Å². The van der Waals surface area contributed by atoms with Gasteiger partial charge in [-0.25, -0.2) is 4.98 Å². The first-order valence-electron chi connectivity index (χ1n) is 9.57. The molecule has 146 valence electrons. The molecule has 6 nitrogen and oxygen atoms in total. The minimum absolute atomic E-state index is 0.0530. The monoisotopic (exact) mass is 397 g/mol. The van der Waals surface area contributed by atoms with E-state index in [4.69, 9.17) is 4.74 Å². The molecule has 3 heterocycles. The van der Waals surface area contributed by atoms with E-state index in [0.717, 1.165) is 19.4 Å². The van der Waals surface area contributed by atoms with Gasteiger partial charge in [-0.2, -0.15) is 11.3 Å². The van der Waals surface area contributed by atoms with Gasteiger partial charge < -0.3 is 14.6 Å². The van der Waals surface area contributed by atoms with Crippen LogP contribution < -0.4 is 5.56 Å². The van der Waals surface area contributed by atoms with Crippen LogP contribution in [0.1, 0.15) is 30.7 Å². The average Bonchev–Trinajstić information content (AvgIpc) is 3.40. The van der Waals surface area contributed by atoms with Gasteiger partial charge in [0, 0.05) is 19.6 Å². The molecule has 1 atom stereocenters. The Hall–Kier alpha value is -2.51. The summed E-state index contributed by atoms with van der Waals surface area (Å²) in [7, 11) is 0. The van der Waals surface area contributed by atoms with Crippen molar-refractivity contribution in [3.05, 3.63) is 62.8 Å². The number of aryl methyl sites for hydroxylation is 1. The minimum atomic E-state index is -0.177. The van der Waals surface area contributed by atoms with Crippen LogP contribution in [0.5, 0.6) is 0 Å². The van der Waals surface area contributed by atoms with Crippen LogP contribution in [0.15, 0.2) is 45.9 Å². The van der Waals surface area contributed by atoms with Crippen LogP contribution in [0.3, 0.4) is 0 Å². The van der Waals surface area contributed by atoms with Gasteiger partial charge in [0.25, 0.3) is 5.56 Å². The molecule has 1 saturated heterocycles. The largest absolute Gasteiger partial charge is 0.376 e. The molecule has 28 heavy (non-hydrogen) atoms. The summed E-state index contributed by atoms with van der Waals surface area (Å²) >= 11 is 1.64. The lowest BCUT2D eigenvalue weighted by Crippen LogP contribution is -2.38. The van der Waals surface area contributed by atoms with Crippen molar-refractivity contribution < 1.29 is 9.53 Å². The van der Waals surface area contributed by atoms with Gasteiger partial charge in [-0.3, -0.25) is 9.59 Å². The highest BCUT2D eigenvalue weighted by Crippen LogP contribution is 2.17. The van der Waals surface area contributed by atoms with Gasteiger partial charge in [-0.1, -0.05) is 12.1 Å². The fourth-order valence-electron chi connectivity index (χ4n) is 3.52. The van der Waals surface area contributed by atoms with E-state index >= 15 is 0 Å². The second kappa shape index (κ2) is 8.67. The second-order valence-corrected chi connectivity index (χ2v) is 7.85. The Morgan fingerprint density at radius 1 is 1.32 bits per heavy atom. The Morgan fingerprint density at radius 2 is 2.21 bits per heavy atom. The van der Waals surface area contributed by atoms with E-state index in [2.05, 4.69) is 15.3 Å². The molecule has 3 aromatic rings. The molecule has 0 unspecified atom stereocenters. The van der Waals surface area contributed by atoms with E-state index in [1.165, 1.54) is 5.56 Å². The van der Waals surface area contributed by atoms with E-state index in [1.807, 2.05) is 29.6 Å². The van der Waals surface area contributed by atoms with Crippen LogP contribution in [0, 0.1) is 0 Å². The Balaban J connectivity index is 1.52. The number of para-hydroxylation sites is 1. The van der Waals surface area contributed by atoms with Gasteiger partial charge in [0.15, 0.2) is 0 Å². The van der Waals surface area contributed by atoms with Gasteiger partial charge in [-0.15, -0.1) is 0 Å². The molecule has 0 bridgehead atoms. The molecule has 1 aromatic carbocycles. The van der Waals surface area contributed by atoms with Crippen molar-refractivity contribution in [2.45, 2.75) is 38.3 Å². The van der Waals surface area contributed by atoms with Crippen molar-refractivity contribution in [1.82, 2.24) is 14.9 Å². The molecular weight excluding hydrogens is 374 g/mol. The van der Waals surface area contributed by atoms with Gasteiger partial charge in [0.1, 0.15) is 5.82 Å². The zero-order chi connectivity index (χ0) is 19.3. The smallest absolute Gasteiger partial charge is 0.258 e. The molecular formula is C21H23N3O3S. The molecule has 7 heteroatoms. The van der Waals surface area contributed by atoms with Crippen LogP contribution in [0.2, 0.25) is 0 Å². The summed E-state index contributed by atoms with van der Waals surface area (Å²) in [6.07, 6.45) is 3.17. The van der Waals surface area contributed by atoms with Crippen molar-refractivity contribution >= 4 is 28.1 Å². The number of hydrogen-bond acceptors (Lipinski definition) is 5. The number of H-pyrrole nitrogens is 1. The Bertz CT molecular complexity index is 994. The van der Waals surface area contributed by atoms with E-state index in [1.54, 1.807) is 22.3 Å². The summed E-state index contributed by atoms with van der Waals surface area (Å²) in [6.45, 7) is 1.55. The van der Waals surface area contributed by atoms with Crippen molar-refractivity contribution in [3.63, 3.8) is 0 Å². The maximum Gasteiger partial charge on any atom is 0.258 e. The van der Waals surface area contributed by atoms with E-state index in [0.29, 0.717) is 36.1 Å². The third-order valence-electron chi connectivity index (χ3n) is 5.01. The van der Waals surface area contributed by atoms with Crippen LogP contribution in [0.4, 0.5) is 0 Å². The molecule has 2 aromatic heterocycles. The first-order valence-corrected chi connectivity index (χ1v) is 10.5. The summed E-state index contributed by atoms with van der Waals surface area (Å²) in [4.78, 5) is 34.4. The molecule has 1 aliphatic heterocycles. The standard InChI is InChI=1S/C21H23N3O3S/c25-20(8-7-15-9-11-28-14-15)24(12-16-4-3-10-27-16)13-19-22-18-6-2-1-5-17(18)21(26)23-19/h1-2,5-6,9,11,14,16H,3-4,7-8,10,12-13H2,(H,22,23,26)/t16-/m0/s1. The van der Waals surface area contributed by atoms with Crippen LogP contribution in [0.25, 0.3) is 10.9 Å². The summed E-state index contributed by atoms with van der Waals surface area (Å²) in [5, 5.41) is 4.65. The number of nitrogens with zero attached hydrogens (tertiary/aromatic N) is 2. The van der Waals surface area contributed by atoms with Crippen molar-refractivity contribution in [1.29, 1.82) is 0 Å². The SMILES string of the molecule is O=C(CCc1ccsc1)N(Cc1nc2ccccc2c(=O)[nH]1)C[C@@H]1CCCO1. The predicted octanol–water partition coefficient (Wildman–Crippen LogP) is 3.13. The number of fused-ring (bicyclic) bond motifs is 1. The van der Waals surface area contributed by atoms with Gasteiger partial charge in [-0.05, 0) is 53.8 Å². The molecule has 1 aliphatic rings. The predicted molar refractivity (Wildman–Crippen MR) is 109 cm³/mol. The van der Waals surface area contributed by atoms with Crippen LogP contribution in [-0.2, 0) is 22.5 Å². The lowest BCUT2D eigenvalue weighted by atomic mass is 10.1. The highest BCUT2D eigenvalue weighted by atomic mass is 32.1. The first-order chi connectivity index (χ1) is 13.7. The number of aromatic amines is 1. The number of rotatable bonds is 7. The molecule has 0 radical (unpaired) electrons. The molecule has 1 amide bonds. The minimum Gasteiger partial charge on any atom is -0.376 e. The number of carbonyl (C=O) groups excluding carboxylic acids is 1. The zero-order valence-corrected chi connectivity index (χ0v) is 16.4. The van der Waals surface area contributed by atoms with Gasteiger partial charge >= 0.3 is 0 Å². The number of amides is 1. The molecule has 1 fully saturated rings. The zero-order valence-electron chi connectivity index (χ0n) is 15.6. The number of benzene rings is 1. The van der Waals surface area contributed by atoms with E-state index in [-0.39, 0.29) is 24.1 Å². The van der Waals surface area contributed by atoms with Gasteiger partial charge in [0.2, 0.25) is 5.91 Å². The molecule has 0 aliphatic carbocycles. The normalized spacial score (nSPS) is 16.5. The quantitative estimate of drug-likeness (QED) is 0.665. The lowest BCUT2D eigenvalue weighted by Gasteiger charge is -2.25. The average molecular weight is 398 g/mol. The molecule has 0 saturated carbocycles. The number of carbonyl (C=O) groups is 1. The Kier molecular flexibility index (Phi) is 5.83. The van der Waals surface area contributed by atoms with Crippen molar-refractivity contribution in [2.75, 3.05) is 13.2 Å². The summed E-state index contributed by atoms with van der Waals surface area (Å²) in [5.41, 5.74) is 1.64. The van der Waals surface area contributed by atoms with Gasteiger partial charge in [0.05, 0.1) is 23.6 Å². The van der Waals surface area contributed by atoms with E-state index in [9.17, 15) is 9.59 Å². The summed E-state index contributed by atoms with van der Waals surface area (Å²) in [5.74, 6) is 0.558. The fourth-order valence-corrected chi connectivity index (χ4v) is 4.23. The lowest BCUT2D eigenvalue weighted by molar-refractivity contribution is -0.133. The number of ether oxygens (including phenoxy) is 1. The maximum atomic E-state index is 12.9. The molecule has 1 N–H and O–H groups in total. The Morgan fingerprint density at radius 3 is 3.00 bits per heavy atom. The number of hydrogen-bond donors (Lipinski definition) is 1. The van der Waals surface area contributed by atoms with Crippen molar-refractivity contribution in [3.8, 4) is 0 Å². The highest BCUT2D eigenvalue weighted by molar-refractivity contribution is 7.07. The molecule has 0 spiro atoms. The second-order valence-electron chi connectivity index (χ2n) is 7.07.